The van der Waals surface area contributed by atoms with Gasteiger partial charge in [-0.15, -0.1) is 0 Å². The molecule has 1 unspecified atom stereocenters. The van der Waals surface area contributed by atoms with Crippen molar-refractivity contribution in [2.75, 3.05) is 11.1 Å². The van der Waals surface area contributed by atoms with Crippen LogP contribution in [0.25, 0.3) is 0 Å². The monoisotopic (exact) mass is 294 g/mol. The predicted molar refractivity (Wildman–Crippen MR) is 61.0 cm³/mol. The molecule has 1 rings (SSSR count). The molecule has 1 atom stereocenters. The van der Waals surface area contributed by atoms with Gasteiger partial charge in [-0.25, -0.2) is 9.78 Å². The molecule has 0 radical (unpaired) electrons. The van der Waals surface area contributed by atoms with Crippen LogP contribution in [0.15, 0.2) is 12.1 Å². The molecule has 0 aliphatic heterocycles. The van der Waals surface area contributed by atoms with Gasteiger partial charge in [0.25, 0.3) is 0 Å². The van der Waals surface area contributed by atoms with Crippen LogP contribution >= 0.6 is 0 Å². The van der Waals surface area contributed by atoms with Crippen molar-refractivity contribution in [3.05, 3.63) is 22.2 Å². The van der Waals surface area contributed by atoms with Gasteiger partial charge in [-0.1, -0.05) is 0 Å². The number of nitrogens with two attached hydrogens (primary N) is 1. The largest absolute Gasteiger partial charge is 0.479 e. The van der Waals surface area contributed by atoms with Gasteiger partial charge >= 0.3 is 17.8 Å². The molecule has 1 heterocycles. The lowest BCUT2D eigenvalue weighted by molar-refractivity contribution is -0.384. The summed E-state index contributed by atoms with van der Waals surface area (Å²) < 4.78 is 38.2. The second kappa shape index (κ2) is 4.83. The molecule has 4 N–H and O–H groups in total. The van der Waals surface area contributed by atoms with E-state index in [0.29, 0.717) is 6.92 Å². The number of hydrogen-bond donors (Lipinski definition) is 3. The third-order valence-corrected chi connectivity index (χ3v) is 2.47. The molecule has 0 saturated carbocycles. The maximum absolute atomic E-state index is 12.7. The van der Waals surface area contributed by atoms with Crippen molar-refractivity contribution in [2.24, 2.45) is 0 Å². The van der Waals surface area contributed by atoms with Gasteiger partial charge in [-0.05, 0) is 13.0 Å². The predicted octanol–water partition coefficient (Wildman–Crippen LogP) is 1.39. The topological polar surface area (TPSA) is 131 Å². The van der Waals surface area contributed by atoms with E-state index in [2.05, 4.69) is 4.98 Å². The lowest BCUT2D eigenvalue weighted by Crippen LogP contribution is -2.55. The first kappa shape index (κ1) is 15.5. The molecule has 1 aromatic heterocycles. The summed E-state index contributed by atoms with van der Waals surface area (Å²) in [6.45, 7) is 0.397. The first-order valence-corrected chi connectivity index (χ1v) is 4.98. The molecule has 0 aromatic carbocycles. The number of anilines is 2. The summed E-state index contributed by atoms with van der Waals surface area (Å²) in [5, 5.41) is 20.8. The zero-order valence-electron chi connectivity index (χ0n) is 9.93. The number of rotatable bonds is 4. The van der Waals surface area contributed by atoms with E-state index in [1.165, 1.54) is 0 Å². The van der Waals surface area contributed by atoms with Gasteiger partial charge in [0.05, 0.1) is 4.92 Å². The Hall–Kier alpha value is -2.59. The van der Waals surface area contributed by atoms with Gasteiger partial charge in [0, 0.05) is 6.07 Å². The Labute approximate surface area is 109 Å². The van der Waals surface area contributed by atoms with E-state index in [0.717, 1.165) is 12.1 Å². The van der Waals surface area contributed by atoms with E-state index in [1.807, 2.05) is 0 Å². The van der Waals surface area contributed by atoms with Crippen LogP contribution in [0.4, 0.5) is 30.5 Å². The fourth-order valence-corrected chi connectivity index (χ4v) is 1.19. The van der Waals surface area contributed by atoms with Crippen molar-refractivity contribution in [1.82, 2.24) is 4.98 Å². The van der Waals surface area contributed by atoms with Gasteiger partial charge in [0.1, 0.15) is 5.82 Å². The molecule has 0 aliphatic carbocycles. The van der Waals surface area contributed by atoms with Crippen molar-refractivity contribution in [2.45, 2.75) is 18.6 Å². The molecule has 20 heavy (non-hydrogen) atoms. The first-order valence-electron chi connectivity index (χ1n) is 4.98. The minimum absolute atomic E-state index is 0.397. The lowest BCUT2D eigenvalue weighted by Gasteiger charge is -2.29. The molecular formula is C9H9F3N4O4. The van der Waals surface area contributed by atoms with Crippen LogP contribution in [-0.2, 0) is 4.79 Å². The van der Waals surface area contributed by atoms with Crippen molar-refractivity contribution in [1.29, 1.82) is 0 Å². The number of pyridine rings is 1. The van der Waals surface area contributed by atoms with E-state index in [4.69, 9.17) is 10.8 Å². The third-order valence-electron chi connectivity index (χ3n) is 2.47. The lowest BCUT2D eigenvalue weighted by atomic mass is 10.0. The average Bonchev–Trinajstić information content (AvgIpc) is 2.26. The minimum atomic E-state index is -5.11. The molecule has 11 heteroatoms. The number of nitrogens with zero attached hydrogens (tertiary/aromatic N) is 2. The molecule has 8 nitrogen and oxygen atoms in total. The molecule has 1 aromatic rings. The summed E-state index contributed by atoms with van der Waals surface area (Å²) in [4.78, 5) is 23.7. The zero-order chi connectivity index (χ0) is 15.7. The number of hydrogen-bond acceptors (Lipinski definition) is 6. The van der Waals surface area contributed by atoms with E-state index < -0.39 is 39.9 Å². The van der Waals surface area contributed by atoms with Gasteiger partial charge in [0.2, 0.25) is 11.4 Å². The zero-order valence-corrected chi connectivity index (χ0v) is 9.93. The summed E-state index contributed by atoms with van der Waals surface area (Å²) in [6, 6.07) is 1.66. The van der Waals surface area contributed by atoms with Crippen LogP contribution in [0.2, 0.25) is 0 Å². The Balaban J connectivity index is 3.18. The standard InChI is InChI=1S/C9H9F3N4O4/c1-8(7(17)18,9(10,11)12)15-5-3-2-4(16(19)20)6(13)14-5/h2-3H,1H3,(H,17,18)(H3,13,14,15). The Morgan fingerprint density at radius 3 is 2.40 bits per heavy atom. The SMILES string of the molecule is CC(Nc1ccc([N+](=O)[O-])c(N)n1)(C(=O)O)C(F)(F)F. The maximum Gasteiger partial charge on any atom is 0.422 e. The van der Waals surface area contributed by atoms with Crippen LogP contribution in [0.3, 0.4) is 0 Å². The van der Waals surface area contributed by atoms with Crippen LogP contribution in [0.1, 0.15) is 6.92 Å². The molecule has 0 spiro atoms. The van der Waals surface area contributed by atoms with Gasteiger partial charge in [-0.3, -0.25) is 10.1 Å². The smallest absolute Gasteiger partial charge is 0.422 e. The van der Waals surface area contributed by atoms with Crippen molar-refractivity contribution in [3.63, 3.8) is 0 Å². The molecule has 0 amide bonds. The van der Waals surface area contributed by atoms with Crippen LogP contribution in [-0.4, -0.2) is 32.7 Å². The molecule has 0 saturated heterocycles. The minimum Gasteiger partial charge on any atom is -0.479 e. The fourth-order valence-electron chi connectivity index (χ4n) is 1.19. The summed E-state index contributed by atoms with van der Waals surface area (Å²) >= 11 is 0. The maximum atomic E-state index is 12.7. The summed E-state index contributed by atoms with van der Waals surface area (Å²) in [7, 11) is 0. The first-order chi connectivity index (χ1) is 8.99. The highest BCUT2D eigenvalue weighted by atomic mass is 19.4. The number of aromatic nitrogens is 1. The Morgan fingerprint density at radius 1 is 1.50 bits per heavy atom. The summed E-state index contributed by atoms with van der Waals surface area (Å²) in [6.07, 6.45) is -5.11. The van der Waals surface area contributed by atoms with Crippen molar-refractivity contribution in [3.8, 4) is 0 Å². The normalized spacial score (nSPS) is 14.4. The molecule has 0 fully saturated rings. The van der Waals surface area contributed by atoms with Gasteiger partial charge < -0.3 is 16.2 Å². The Morgan fingerprint density at radius 2 is 2.05 bits per heavy atom. The number of halogens is 3. The highest BCUT2D eigenvalue weighted by molar-refractivity contribution is 5.83. The van der Waals surface area contributed by atoms with Crippen molar-refractivity contribution < 1.29 is 28.0 Å². The second-order valence-electron chi connectivity index (χ2n) is 3.91. The highest BCUT2D eigenvalue weighted by Gasteiger charge is 2.57. The molecular weight excluding hydrogens is 285 g/mol. The van der Waals surface area contributed by atoms with Crippen molar-refractivity contribution >= 4 is 23.3 Å². The van der Waals surface area contributed by atoms with E-state index in [9.17, 15) is 28.1 Å². The fraction of sp³-hybridized carbons (Fsp3) is 0.333. The van der Waals surface area contributed by atoms with Gasteiger partial charge in [0.15, 0.2) is 0 Å². The summed E-state index contributed by atoms with van der Waals surface area (Å²) in [5.74, 6) is -3.35. The van der Waals surface area contributed by atoms with Crippen LogP contribution < -0.4 is 11.1 Å². The second-order valence-corrected chi connectivity index (χ2v) is 3.91. The van der Waals surface area contributed by atoms with E-state index in [-0.39, 0.29) is 0 Å². The van der Waals surface area contributed by atoms with E-state index in [1.54, 1.807) is 5.32 Å². The number of nitrogen functional groups attached to an aromatic ring is 1. The number of nitro groups is 1. The Bertz CT molecular complexity index is 563. The number of carboxylic acid groups (broad SMARTS) is 1. The number of carbonyl (C=O) groups is 1. The highest BCUT2D eigenvalue weighted by Crippen LogP contribution is 2.34. The third kappa shape index (κ3) is 2.70. The Kier molecular flexibility index (Phi) is 3.73. The molecule has 110 valence electrons. The van der Waals surface area contributed by atoms with Gasteiger partial charge in [-0.2, -0.15) is 13.2 Å². The molecule has 0 bridgehead atoms. The molecule has 0 aliphatic rings. The number of aliphatic carboxylic acids is 1. The number of alkyl halides is 3. The number of carboxylic acids is 1. The van der Waals surface area contributed by atoms with Crippen LogP contribution in [0, 0.1) is 10.1 Å². The van der Waals surface area contributed by atoms with Crippen LogP contribution in [0.5, 0.6) is 0 Å². The average molecular weight is 294 g/mol. The number of nitrogens with one attached hydrogen (secondary N) is 1. The quantitative estimate of drug-likeness (QED) is 0.564. The van der Waals surface area contributed by atoms with E-state index >= 15 is 0 Å². The summed E-state index contributed by atoms with van der Waals surface area (Å²) in [5.41, 5.74) is 1.30.